The van der Waals surface area contributed by atoms with Gasteiger partial charge in [0, 0.05) is 11.1 Å². The van der Waals surface area contributed by atoms with Gasteiger partial charge in [0.05, 0.1) is 21.2 Å². The van der Waals surface area contributed by atoms with E-state index in [4.69, 9.17) is 15.7 Å². The highest BCUT2D eigenvalue weighted by atomic mass is 32.1. The highest BCUT2D eigenvalue weighted by Crippen LogP contribution is 2.14. The molecule has 0 bridgehead atoms. The summed E-state index contributed by atoms with van der Waals surface area (Å²) in [5.41, 5.74) is 2.46. The van der Waals surface area contributed by atoms with E-state index in [1.54, 1.807) is 12.4 Å². The number of nitrogens with zero attached hydrogens (tertiary/aromatic N) is 1. The minimum atomic E-state index is -0.778. The molecule has 0 atom stereocenters. The number of rotatable bonds is 1. The zero-order chi connectivity index (χ0) is 6.91. The van der Waals surface area contributed by atoms with E-state index in [0.29, 0.717) is 0 Å². The van der Waals surface area contributed by atoms with Crippen LogP contribution in [0.15, 0.2) is 10.9 Å². The van der Waals surface area contributed by atoms with Crippen LogP contribution in [0.1, 0.15) is 12.6 Å². The molecule has 0 aliphatic rings. The molecule has 0 spiro atoms. The third kappa shape index (κ3) is 1.58. The number of hydrogen-bond donors (Lipinski definition) is 0. The fourth-order valence-electron chi connectivity index (χ4n) is 0.479. The van der Waals surface area contributed by atoms with Crippen LogP contribution in [0.5, 0.6) is 0 Å². The largest absolute Gasteiger partial charge is 0.251 e. The average Bonchev–Trinajstić information content (AvgIpc) is 2.08. The van der Waals surface area contributed by atoms with Crippen LogP contribution in [0, 0.1) is 0 Å². The van der Waals surface area contributed by atoms with Gasteiger partial charge in [0.15, 0.2) is 0 Å². The van der Waals surface area contributed by atoms with Crippen LogP contribution < -0.4 is 0 Å². The van der Waals surface area contributed by atoms with Gasteiger partial charge in [-0.15, -0.1) is 11.3 Å². The van der Waals surface area contributed by atoms with Crippen molar-refractivity contribution in [1.82, 2.24) is 4.98 Å². The van der Waals surface area contributed by atoms with E-state index in [1.165, 1.54) is 11.3 Å². The lowest BCUT2D eigenvalue weighted by atomic mass is 9.54. The Morgan fingerprint density at radius 2 is 2.33 bits per heavy atom. The predicted molar refractivity (Wildman–Crippen MR) is 41.0 cm³/mol. The monoisotopic (exact) mass is 133 g/mol. The first-order chi connectivity index (χ1) is 4.11. The molecule has 0 unspecified atom stereocenters. The summed E-state index contributed by atoms with van der Waals surface area (Å²) in [5, 5.41) is 1.07. The molecule has 1 heterocycles. The standard InChI is InChI=1S/C5H5B2NS/c1-5(6,7)4-2-9-3-8-4/h2-3H,1H3. The maximum atomic E-state index is 5.52. The van der Waals surface area contributed by atoms with Crippen molar-refractivity contribution in [3.8, 4) is 0 Å². The summed E-state index contributed by atoms with van der Waals surface area (Å²) in [6.45, 7) is 1.72. The summed E-state index contributed by atoms with van der Waals surface area (Å²) in [6, 6.07) is 0. The second-order valence-corrected chi connectivity index (χ2v) is 2.88. The van der Waals surface area contributed by atoms with Gasteiger partial charge < -0.3 is 0 Å². The molecule has 0 fully saturated rings. The maximum Gasteiger partial charge on any atom is 0.0794 e. The smallest absolute Gasteiger partial charge is 0.0794 e. The molecule has 1 aromatic heterocycles. The normalized spacial score (nSPS) is 11.7. The molecule has 0 aliphatic heterocycles. The van der Waals surface area contributed by atoms with Gasteiger partial charge in [-0.2, -0.15) is 0 Å². The number of thiazole rings is 1. The van der Waals surface area contributed by atoms with Gasteiger partial charge >= 0.3 is 0 Å². The first kappa shape index (κ1) is 6.87. The lowest BCUT2D eigenvalue weighted by molar-refractivity contribution is 0.924. The zero-order valence-electron chi connectivity index (χ0n) is 5.16. The predicted octanol–water partition coefficient (Wildman–Crippen LogP) is 0.653. The van der Waals surface area contributed by atoms with Gasteiger partial charge in [0.1, 0.15) is 0 Å². The van der Waals surface area contributed by atoms with E-state index in [9.17, 15) is 0 Å². The van der Waals surface area contributed by atoms with Crippen LogP contribution in [0.4, 0.5) is 0 Å². The second-order valence-electron chi connectivity index (χ2n) is 2.16. The molecule has 0 aliphatic carbocycles. The second kappa shape index (κ2) is 2.18. The molecule has 0 saturated heterocycles. The van der Waals surface area contributed by atoms with Gasteiger partial charge in [-0.3, -0.25) is 4.98 Å². The van der Waals surface area contributed by atoms with Crippen molar-refractivity contribution < 1.29 is 0 Å². The lowest BCUT2D eigenvalue weighted by Crippen LogP contribution is -2.21. The van der Waals surface area contributed by atoms with Gasteiger partial charge in [0.2, 0.25) is 0 Å². The zero-order valence-corrected chi connectivity index (χ0v) is 5.98. The van der Waals surface area contributed by atoms with E-state index < -0.39 is 5.21 Å². The van der Waals surface area contributed by atoms with Crippen LogP contribution >= 0.6 is 11.3 Å². The molecular weight excluding hydrogens is 128 g/mol. The third-order valence-electron chi connectivity index (χ3n) is 0.984. The Morgan fingerprint density at radius 3 is 2.56 bits per heavy atom. The molecule has 0 N–H and O–H groups in total. The molecule has 0 amide bonds. The summed E-state index contributed by atoms with van der Waals surface area (Å²) in [5.74, 6) is 0. The molecular formula is C5H5B2NS. The Bertz CT molecular complexity index is 177. The summed E-state index contributed by atoms with van der Waals surface area (Å²) in [7, 11) is 11.0. The van der Waals surface area contributed by atoms with Gasteiger partial charge in [-0.05, 0) is 0 Å². The van der Waals surface area contributed by atoms with E-state index in [2.05, 4.69) is 4.98 Å². The Morgan fingerprint density at radius 1 is 1.67 bits per heavy atom. The van der Waals surface area contributed by atoms with E-state index in [0.717, 1.165) is 5.69 Å². The Kier molecular flexibility index (Phi) is 1.66. The molecule has 0 aromatic carbocycles. The summed E-state index contributed by atoms with van der Waals surface area (Å²) >= 11 is 1.50. The Balaban J connectivity index is 2.90. The first-order valence-corrected chi connectivity index (χ1v) is 3.51. The molecule has 9 heavy (non-hydrogen) atoms. The van der Waals surface area contributed by atoms with Crippen molar-refractivity contribution in [2.24, 2.45) is 0 Å². The van der Waals surface area contributed by atoms with Crippen LogP contribution in [-0.4, -0.2) is 20.7 Å². The molecule has 4 radical (unpaired) electrons. The molecule has 1 nitrogen and oxygen atoms in total. The van der Waals surface area contributed by atoms with E-state index in [-0.39, 0.29) is 0 Å². The van der Waals surface area contributed by atoms with Crippen molar-refractivity contribution in [2.75, 3.05) is 0 Å². The Labute approximate surface area is 61.3 Å². The quantitative estimate of drug-likeness (QED) is 0.512. The number of aromatic nitrogens is 1. The molecule has 42 valence electrons. The average molecular weight is 133 g/mol. The fraction of sp³-hybridized carbons (Fsp3) is 0.400. The number of hydrogen-bond acceptors (Lipinski definition) is 2. The summed E-state index contributed by atoms with van der Waals surface area (Å²) in [4.78, 5) is 3.96. The highest BCUT2D eigenvalue weighted by molar-refractivity contribution is 7.07. The maximum absolute atomic E-state index is 5.52. The van der Waals surface area contributed by atoms with E-state index in [1.807, 2.05) is 5.38 Å². The van der Waals surface area contributed by atoms with Gasteiger partial charge in [0.25, 0.3) is 0 Å². The Hall–Kier alpha value is -0.240. The van der Waals surface area contributed by atoms with Crippen molar-refractivity contribution in [3.63, 3.8) is 0 Å². The molecule has 0 saturated carbocycles. The fourth-order valence-corrected chi connectivity index (χ4v) is 1.16. The van der Waals surface area contributed by atoms with Crippen LogP contribution in [0.3, 0.4) is 0 Å². The topological polar surface area (TPSA) is 12.9 Å². The minimum absolute atomic E-state index is 0.743. The van der Waals surface area contributed by atoms with Crippen LogP contribution in [0.25, 0.3) is 0 Å². The third-order valence-corrected chi connectivity index (χ3v) is 1.57. The molecule has 4 heteroatoms. The van der Waals surface area contributed by atoms with Crippen molar-refractivity contribution in [3.05, 3.63) is 16.6 Å². The highest BCUT2D eigenvalue weighted by Gasteiger charge is 2.13. The van der Waals surface area contributed by atoms with Crippen molar-refractivity contribution >= 4 is 27.0 Å². The summed E-state index contributed by atoms with van der Waals surface area (Å²) < 4.78 is 0. The van der Waals surface area contributed by atoms with E-state index >= 15 is 0 Å². The summed E-state index contributed by atoms with van der Waals surface area (Å²) in [6.07, 6.45) is 0. The molecule has 1 rings (SSSR count). The van der Waals surface area contributed by atoms with Gasteiger partial charge in [-0.1, -0.05) is 12.1 Å². The first-order valence-electron chi connectivity index (χ1n) is 2.57. The minimum Gasteiger partial charge on any atom is -0.251 e. The molecule has 1 aromatic rings. The van der Waals surface area contributed by atoms with Crippen LogP contribution in [-0.2, 0) is 5.21 Å². The van der Waals surface area contributed by atoms with Crippen LogP contribution in [0.2, 0.25) is 0 Å². The lowest BCUT2D eigenvalue weighted by Gasteiger charge is -2.14. The van der Waals surface area contributed by atoms with Crippen molar-refractivity contribution in [2.45, 2.75) is 12.1 Å². The van der Waals surface area contributed by atoms with Crippen molar-refractivity contribution in [1.29, 1.82) is 0 Å². The van der Waals surface area contributed by atoms with Gasteiger partial charge in [-0.25, -0.2) is 0 Å². The SMILES string of the molecule is [B]C([B])(C)c1cscn1.